The van der Waals surface area contributed by atoms with Crippen LogP contribution >= 0.6 is 0 Å². The summed E-state index contributed by atoms with van der Waals surface area (Å²) in [5, 5.41) is 0. The van der Waals surface area contributed by atoms with Crippen LogP contribution in [0.15, 0.2) is 12.1 Å². The van der Waals surface area contributed by atoms with Gasteiger partial charge in [0, 0.05) is 6.07 Å². The number of esters is 1. The van der Waals surface area contributed by atoms with Gasteiger partial charge in [-0.1, -0.05) is 0 Å². The highest BCUT2D eigenvalue weighted by molar-refractivity contribution is 5.96. The Morgan fingerprint density at radius 3 is 2.65 bits per heavy atom. The maximum absolute atomic E-state index is 13.1. The highest BCUT2D eigenvalue weighted by Gasteiger charge is 2.17. The van der Waals surface area contributed by atoms with Gasteiger partial charge in [-0.2, -0.15) is 0 Å². The van der Waals surface area contributed by atoms with Crippen LogP contribution in [0.2, 0.25) is 0 Å². The molecule has 4 nitrogen and oxygen atoms in total. The molecular weight excluding hydrogens is 239 g/mol. The van der Waals surface area contributed by atoms with Crippen LogP contribution in [0.25, 0.3) is 0 Å². The standard InChI is InChI=1S/C10H10F3NO3/c1-16-10(15)6-2-5(11)3-7(9(6)14)17-4-8(12)13/h2-3,8H,4,14H2,1H3. The molecule has 0 fully saturated rings. The lowest BCUT2D eigenvalue weighted by atomic mass is 10.1. The number of carbonyl (C=O) groups is 1. The minimum atomic E-state index is -2.72. The smallest absolute Gasteiger partial charge is 0.340 e. The van der Waals surface area contributed by atoms with Crippen molar-refractivity contribution in [2.24, 2.45) is 0 Å². The van der Waals surface area contributed by atoms with E-state index in [1.165, 1.54) is 0 Å². The third kappa shape index (κ3) is 3.27. The van der Waals surface area contributed by atoms with Crippen molar-refractivity contribution in [2.45, 2.75) is 6.43 Å². The molecule has 0 aromatic heterocycles. The summed E-state index contributed by atoms with van der Waals surface area (Å²) in [6, 6.07) is 1.67. The van der Waals surface area contributed by atoms with Crippen LogP contribution in [0.1, 0.15) is 10.4 Å². The third-order valence-corrected chi connectivity index (χ3v) is 1.88. The largest absolute Gasteiger partial charge is 0.485 e. The van der Waals surface area contributed by atoms with Crippen molar-refractivity contribution in [3.05, 3.63) is 23.5 Å². The molecule has 1 aromatic carbocycles. The molecule has 0 aliphatic rings. The highest BCUT2D eigenvalue weighted by Crippen LogP contribution is 2.27. The van der Waals surface area contributed by atoms with E-state index in [1.807, 2.05) is 0 Å². The number of ether oxygens (including phenoxy) is 2. The molecule has 0 unspecified atom stereocenters. The summed E-state index contributed by atoms with van der Waals surface area (Å²) in [7, 11) is 1.09. The van der Waals surface area contributed by atoms with Crippen molar-refractivity contribution in [3.8, 4) is 5.75 Å². The summed E-state index contributed by atoms with van der Waals surface area (Å²) in [4.78, 5) is 11.2. The predicted molar refractivity (Wildman–Crippen MR) is 53.7 cm³/mol. The van der Waals surface area contributed by atoms with E-state index in [0.29, 0.717) is 0 Å². The molecule has 0 spiro atoms. The first-order chi connectivity index (χ1) is 7.95. The first kappa shape index (κ1) is 13.1. The van der Waals surface area contributed by atoms with E-state index < -0.39 is 24.8 Å². The van der Waals surface area contributed by atoms with Crippen LogP contribution in [-0.2, 0) is 4.74 Å². The Kier molecular flexibility index (Phi) is 4.19. The second-order valence-electron chi connectivity index (χ2n) is 3.06. The molecule has 2 N–H and O–H groups in total. The van der Waals surface area contributed by atoms with Crippen LogP contribution in [-0.4, -0.2) is 26.1 Å². The van der Waals surface area contributed by atoms with Gasteiger partial charge in [0.25, 0.3) is 6.43 Å². The van der Waals surface area contributed by atoms with E-state index in [1.54, 1.807) is 0 Å². The summed E-state index contributed by atoms with van der Waals surface area (Å²) >= 11 is 0. The molecule has 17 heavy (non-hydrogen) atoms. The zero-order valence-corrected chi connectivity index (χ0v) is 8.88. The highest BCUT2D eigenvalue weighted by atomic mass is 19.3. The number of benzene rings is 1. The van der Waals surface area contributed by atoms with Crippen molar-refractivity contribution in [1.29, 1.82) is 0 Å². The summed E-state index contributed by atoms with van der Waals surface area (Å²) in [5.74, 6) is -2.02. The van der Waals surface area contributed by atoms with Gasteiger partial charge in [-0.25, -0.2) is 18.0 Å². The van der Waals surface area contributed by atoms with Crippen molar-refractivity contribution in [2.75, 3.05) is 19.5 Å². The lowest BCUT2D eigenvalue weighted by Crippen LogP contribution is -2.12. The van der Waals surface area contributed by atoms with Crippen LogP contribution in [0.3, 0.4) is 0 Å². The van der Waals surface area contributed by atoms with E-state index in [9.17, 15) is 18.0 Å². The molecule has 1 aromatic rings. The van der Waals surface area contributed by atoms with Gasteiger partial charge in [-0.3, -0.25) is 0 Å². The number of hydrogen-bond acceptors (Lipinski definition) is 4. The number of nitrogen functional groups attached to an aromatic ring is 1. The monoisotopic (exact) mass is 249 g/mol. The molecule has 7 heteroatoms. The van der Waals surface area contributed by atoms with Crippen molar-refractivity contribution in [1.82, 2.24) is 0 Å². The van der Waals surface area contributed by atoms with Crippen LogP contribution < -0.4 is 10.5 Å². The first-order valence-electron chi connectivity index (χ1n) is 4.54. The number of halogens is 3. The predicted octanol–water partition coefficient (Wildman–Crippen LogP) is 1.84. The molecule has 94 valence electrons. The lowest BCUT2D eigenvalue weighted by Gasteiger charge is -2.11. The van der Waals surface area contributed by atoms with E-state index in [-0.39, 0.29) is 17.0 Å². The van der Waals surface area contributed by atoms with Gasteiger partial charge in [-0.05, 0) is 6.07 Å². The second kappa shape index (κ2) is 5.42. The second-order valence-corrected chi connectivity index (χ2v) is 3.06. The number of methoxy groups -OCH3 is 1. The number of anilines is 1. The average molecular weight is 249 g/mol. The maximum Gasteiger partial charge on any atom is 0.340 e. The molecule has 0 atom stereocenters. The molecule has 0 amide bonds. The van der Waals surface area contributed by atoms with E-state index >= 15 is 0 Å². The van der Waals surface area contributed by atoms with Crippen molar-refractivity contribution >= 4 is 11.7 Å². The zero-order chi connectivity index (χ0) is 13.0. The normalized spacial score (nSPS) is 10.4. The molecule has 0 aliphatic heterocycles. The number of rotatable bonds is 4. The van der Waals surface area contributed by atoms with Gasteiger partial charge in [0.1, 0.15) is 18.2 Å². The molecular formula is C10H10F3NO3. The SMILES string of the molecule is COC(=O)c1cc(F)cc(OCC(F)F)c1N. The van der Waals surface area contributed by atoms with E-state index in [4.69, 9.17) is 5.73 Å². The average Bonchev–Trinajstić information content (AvgIpc) is 2.28. The molecule has 0 saturated carbocycles. The number of carbonyl (C=O) groups excluding carboxylic acids is 1. The number of alkyl halides is 2. The fourth-order valence-corrected chi connectivity index (χ4v) is 1.14. The Balaban J connectivity index is 3.05. The lowest BCUT2D eigenvalue weighted by molar-refractivity contribution is 0.0600. The van der Waals surface area contributed by atoms with Gasteiger partial charge in [-0.15, -0.1) is 0 Å². The van der Waals surface area contributed by atoms with Gasteiger partial charge < -0.3 is 15.2 Å². The Bertz CT molecular complexity index is 424. The molecule has 1 rings (SSSR count). The summed E-state index contributed by atoms with van der Waals surface area (Å²) in [6.45, 7) is -0.936. The summed E-state index contributed by atoms with van der Waals surface area (Å²) < 4.78 is 45.9. The maximum atomic E-state index is 13.1. The quantitative estimate of drug-likeness (QED) is 0.653. The molecule has 0 radical (unpaired) electrons. The van der Waals surface area contributed by atoms with Gasteiger partial charge in [0.15, 0.2) is 0 Å². The summed E-state index contributed by atoms with van der Waals surface area (Å²) in [6.07, 6.45) is -2.72. The van der Waals surface area contributed by atoms with Gasteiger partial charge in [0.05, 0.1) is 18.4 Å². The van der Waals surface area contributed by atoms with Gasteiger partial charge >= 0.3 is 5.97 Å². The van der Waals surface area contributed by atoms with Gasteiger partial charge in [0.2, 0.25) is 0 Å². The Morgan fingerprint density at radius 2 is 2.12 bits per heavy atom. The summed E-state index contributed by atoms with van der Waals surface area (Å²) in [5.41, 5.74) is 4.97. The number of hydrogen-bond donors (Lipinski definition) is 1. The third-order valence-electron chi connectivity index (χ3n) is 1.88. The molecule has 0 saturated heterocycles. The fraction of sp³-hybridized carbons (Fsp3) is 0.300. The van der Waals surface area contributed by atoms with Crippen molar-refractivity contribution in [3.63, 3.8) is 0 Å². The fourth-order valence-electron chi connectivity index (χ4n) is 1.14. The Hall–Kier alpha value is -1.92. The Labute approximate surface area is 95.1 Å². The Morgan fingerprint density at radius 1 is 1.47 bits per heavy atom. The zero-order valence-electron chi connectivity index (χ0n) is 8.88. The van der Waals surface area contributed by atoms with Crippen LogP contribution in [0.4, 0.5) is 18.9 Å². The van der Waals surface area contributed by atoms with Crippen LogP contribution in [0.5, 0.6) is 5.75 Å². The molecule has 0 bridgehead atoms. The van der Waals surface area contributed by atoms with E-state index in [2.05, 4.69) is 9.47 Å². The van der Waals surface area contributed by atoms with E-state index in [0.717, 1.165) is 19.2 Å². The molecule has 0 aliphatic carbocycles. The van der Waals surface area contributed by atoms with Crippen LogP contribution in [0, 0.1) is 5.82 Å². The minimum absolute atomic E-state index is 0.237. The molecule has 0 heterocycles. The minimum Gasteiger partial charge on any atom is -0.485 e. The number of nitrogens with two attached hydrogens (primary N) is 1. The first-order valence-corrected chi connectivity index (χ1v) is 4.54. The topological polar surface area (TPSA) is 61.5 Å². The van der Waals surface area contributed by atoms with Crippen molar-refractivity contribution < 1.29 is 27.4 Å².